The summed E-state index contributed by atoms with van der Waals surface area (Å²) in [5.41, 5.74) is 2.30. The van der Waals surface area contributed by atoms with E-state index in [0.717, 1.165) is 5.56 Å². The van der Waals surface area contributed by atoms with Gasteiger partial charge in [-0.2, -0.15) is 10.1 Å². The summed E-state index contributed by atoms with van der Waals surface area (Å²) in [7, 11) is -3.79. The predicted molar refractivity (Wildman–Crippen MR) is 109 cm³/mol. The van der Waals surface area contributed by atoms with Gasteiger partial charge in [0.05, 0.1) is 21.9 Å². The van der Waals surface area contributed by atoms with Gasteiger partial charge < -0.3 is 4.74 Å². The van der Waals surface area contributed by atoms with Gasteiger partial charge in [0.2, 0.25) is 10.0 Å². The van der Waals surface area contributed by atoms with Gasteiger partial charge in [-0.3, -0.25) is 4.79 Å². The molecule has 0 radical (unpaired) electrons. The quantitative estimate of drug-likeness (QED) is 0.598. The lowest BCUT2D eigenvalue weighted by molar-refractivity contribution is -0.114. The molecule has 7 nitrogen and oxygen atoms in total. The van der Waals surface area contributed by atoms with Gasteiger partial charge in [0.1, 0.15) is 12.4 Å². The molecule has 2 N–H and O–H groups in total. The Labute approximate surface area is 163 Å². The third kappa shape index (κ3) is 4.19. The second-order valence-electron chi connectivity index (χ2n) is 6.07. The van der Waals surface area contributed by atoms with Crippen molar-refractivity contribution >= 4 is 33.4 Å². The average Bonchev–Trinajstić information content (AvgIpc) is 2.95. The molecule has 0 spiro atoms. The summed E-state index contributed by atoms with van der Waals surface area (Å²) in [5, 5.41) is 10.6. The van der Waals surface area contributed by atoms with Gasteiger partial charge in [-0.15, -0.1) is 0 Å². The van der Waals surface area contributed by atoms with Crippen molar-refractivity contribution in [2.24, 2.45) is 10.2 Å². The fourth-order valence-corrected chi connectivity index (χ4v) is 3.13. The van der Waals surface area contributed by atoms with Gasteiger partial charge in [-0.05, 0) is 55.0 Å². The van der Waals surface area contributed by atoms with Crippen LogP contribution in [0.25, 0.3) is 6.08 Å². The molecular weight excluding hydrogens is 378 g/mol. The number of nitrogens with two attached hydrogens (primary N) is 1. The maximum atomic E-state index is 12.8. The fraction of sp³-hybridized carbons (Fsp3) is 0.100. The maximum Gasteiger partial charge on any atom is 0.280 e. The van der Waals surface area contributed by atoms with Gasteiger partial charge in [0.15, 0.2) is 0 Å². The molecule has 0 unspecified atom stereocenters. The Morgan fingerprint density at radius 1 is 1.14 bits per heavy atom. The van der Waals surface area contributed by atoms with E-state index in [1.54, 1.807) is 19.1 Å². The highest BCUT2D eigenvalue weighted by molar-refractivity contribution is 7.89. The van der Waals surface area contributed by atoms with Crippen molar-refractivity contribution < 1.29 is 17.9 Å². The van der Waals surface area contributed by atoms with Crippen LogP contribution in [0.3, 0.4) is 0 Å². The Bertz CT molecular complexity index is 1070. The summed E-state index contributed by atoms with van der Waals surface area (Å²) in [5.74, 6) is 0.412. The number of anilines is 1. The van der Waals surface area contributed by atoms with Crippen LogP contribution in [0.4, 0.5) is 5.69 Å². The van der Waals surface area contributed by atoms with Crippen LogP contribution in [0.15, 0.2) is 76.8 Å². The number of nitrogens with zero attached hydrogens (tertiary/aromatic N) is 2. The van der Waals surface area contributed by atoms with Crippen LogP contribution in [0.1, 0.15) is 12.5 Å². The third-order valence-electron chi connectivity index (χ3n) is 4.03. The standard InChI is InChI=1S/C20H19N3O4S/c1-3-12-27-17-8-4-15(5-9-17)13-19-14(2)22-23(20(19)24)16-6-10-18(11-7-16)28(21,25)26/h3-11,13H,1,12H2,2H3,(H2,21,25,26)/b19-13-. The third-order valence-corrected chi connectivity index (χ3v) is 4.96. The highest BCUT2D eigenvalue weighted by Gasteiger charge is 2.28. The number of sulfonamides is 1. The lowest BCUT2D eigenvalue weighted by Gasteiger charge is -2.12. The van der Waals surface area contributed by atoms with Crippen LogP contribution in [-0.2, 0) is 14.8 Å². The first-order valence-electron chi connectivity index (χ1n) is 8.38. The van der Waals surface area contributed by atoms with Crippen molar-refractivity contribution in [3.63, 3.8) is 0 Å². The number of benzene rings is 2. The van der Waals surface area contributed by atoms with E-state index in [1.165, 1.54) is 29.3 Å². The van der Waals surface area contributed by atoms with E-state index < -0.39 is 10.0 Å². The first-order chi connectivity index (χ1) is 13.3. The molecule has 2 aromatic carbocycles. The van der Waals surface area contributed by atoms with E-state index in [9.17, 15) is 13.2 Å². The zero-order chi connectivity index (χ0) is 20.3. The molecule has 0 bridgehead atoms. The molecule has 8 heteroatoms. The Hall–Kier alpha value is -3.23. The lowest BCUT2D eigenvalue weighted by Crippen LogP contribution is -2.21. The Morgan fingerprint density at radius 3 is 2.36 bits per heavy atom. The topological polar surface area (TPSA) is 102 Å². The molecule has 0 fully saturated rings. The molecule has 1 aliphatic rings. The number of hydrazone groups is 1. The summed E-state index contributed by atoms with van der Waals surface area (Å²) < 4.78 is 28.2. The van der Waals surface area contributed by atoms with Crippen molar-refractivity contribution in [1.82, 2.24) is 0 Å². The maximum absolute atomic E-state index is 12.8. The Kier molecular flexibility index (Phi) is 5.43. The number of ether oxygens (including phenoxy) is 1. The summed E-state index contributed by atoms with van der Waals surface area (Å²) in [6.45, 7) is 5.76. The molecular formula is C20H19N3O4S. The molecule has 1 amide bonds. The normalized spacial score (nSPS) is 15.6. The lowest BCUT2D eigenvalue weighted by atomic mass is 10.1. The Balaban J connectivity index is 1.82. The van der Waals surface area contributed by atoms with Gasteiger partial charge in [0, 0.05) is 0 Å². The van der Waals surface area contributed by atoms with Crippen LogP contribution in [0, 0.1) is 0 Å². The Morgan fingerprint density at radius 2 is 1.79 bits per heavy atom. The van der Waals surface area contributed by atoms with Crippen LogP contribution in [0.5, 0.6) is 5.75 Å². The van der Waals surface area contributed by atoms with Crippen LogP contribution in [-0.4, -0.2) is 26.6 Å². The van der Waals surface area contributed by atoms with Crippen molar-refractivity contribution in [1.29, 1.82) is 0 Å². The molecule has 3 rings (SSSR count). The van der Waals surface area contributed by atoms with Crippen LogP contribution in [0.2, 0.25) is 0 Å². The summed E-state index contributed by atoms with van der Waals surface area (Å²) in [6, 6.07) is 13.0. The number of carbonyl (C=O) groups is 1. The van der Waals surface area contributed by atoms with Crippen molar-refractivity contribution in [3.8, 4) is 5.75 Å². The molecule has 1 aliphatic heterocycles. The van der Waals surface area contributed by atoms with Crippen LogP contribution >= 0.6 is 0 Å². The highest BCUT2D eigenvalue weighted by atomic mass is 32.2. The average molecular weight is 397 g/mol. The summed E-state index contributed by atoms with van der Waals surface area (Å²) in [6.07, 6.45) is 3.41. The molecule has 1 heterocycles. The smallest absolute Gasteiger partial charge is 0.280 e. The van der Waals surface area contributed by atoms with Gasteiger partial charge in [0.25, 0.3) is 5.91 Å². The number of hydrogen-bond acceptors (Lipinski definition) is 5. The molecule has 0 saturated carbocycles. The van der Waals surface area contributed by atoms with Crippen molar-refractivity contribution in [3.05, 3.63) is 72.3 Å². The number of amides is 1. The molecule has 0 atom stereocenters. The van der Waals surface area contributed by atoms with Gasteiger partial charge in [-0.25, -0.2) is 13.6 Å². The van der Waals surface area contributed by atoms with E-state index in [4.69, 9.17) is 9.88 Å². The first kappa shape index (κ1) is 19.5. The van der Waals surface area contributed by atoms with E-state index in [0.29, 0.717) is 29.3 Å². The zero-order valence-corrected chi connectivity index (χ0v) is 16.0. The summed E-state index contributed by atoms with van der Waals surface area (Å²) >= 11 is 0. The number of rotatable bonds is 6. The van der Waals surface area contributed by atoms with Gasteiger partial charge in [-0.1, -0.05) is 24.8 Å². The summed E-state index contributed by atoms with van der Waals surface area (Å²) in [4.78, 5) is 12.7. The van der Waals surface area contributed by atoms with E-state index in [1.807, 2.05) is 24.3 Å². The highest BCUT2D eigenvalue weighted by Crippen LogP contribution is 2.26. The molecule has 2 aromatic rings. The number of primary sulfonamides is 1. The van der Waals surface area contributed by atoms with Gasteiger partial charge >= 0.3 is 0 Å². The minimum absolute atomic E-state index is 0.0295. The van der Waals surface area contributed by atoms with E-state index >= 15 is 0 Å². The van der Waals surface area contributed by atoms with E-state index in [2.05, 4.69) is 11.7 Å². The number of carbonyl (C=O) groups excluding carboxylic acids is 1. The zero-order valence-electron chi connectivity index (χ0n) is 15.2. The molecule has 28 heavy (non-hydrogen) atoms. The second-order valence-corrected chi connectivity index (χ2v) is 7.63. The minimum atomic E-state index is -3.79. The SMILES string of the molecule is C=CCOc1ccc(/C=C2\C(=O)N(c3ccc(S(N)(=O)=O)cc3)N=C2C)cc1. The largest absolute Gasteiger partial charge is 0.490 e. The fourth-order valence-electron chi connectivity index (χ4n) is 2.62. The predicted octanol–water partition coefficient (Wildman–Crippen LogP) is 2.70. The van der Waals surface area contributed by atoms with Crippen molar-refractivity contribution in [2.75, 3.05) is 11.6 Å². The second kappa shape index (κ2) is 7.79. The molecule has 0 aromatic heterocycles. The first-order valence-corrected chi connectivity index (χ1v) is 9.92. The molecule has 144 valence electrons. The number of hydrogen-bond donors (Lipinski definition) is 1. The van der Waals surface area contributed by atoms with E-state index in [-0.39, 0.29) is 10.8 Å². The van der Waals surface area contributed by atoms with Crippen LogP contribution < -0.4 is 14.9 Å². The monoisotopic (exact) mass is 397 g/mol. The molecule has 0 aliphatic carbocycles. The molecule has 0 saturated heterocycles. The van der Waals surface area contributed by atoms with Crippen molar-refractivity contribution in [2.45, 2.75) is 11.8 Å². The minimum Gasteiger partial charge on any atom is -0.490 e.